The van der Waals surface area contributed by atoms with Crippen LogP contribution in [0, 0.1) is 6.92 Å². The van der Waals surface area contributed by atoms with Crippen LogP contribution in [0.3, 0.4) is 0 Å². The van der Waals surface area contributed by atoms with Crippen LogP contribution in [0.15, 0.2) is 36.7 Å². The van der Waals surface area contributed by atoms with Crippen molar-refractivity contribution >= 4 is 11.7 Å². The van der Waals surface area contributed by atoms with Gasteiger partial charge in [0.25, 0.3) is 5.91 Å². The minimum Gasteiger partial charge on any atom is -0.393 e. The van der Waals surface area contributed by atoms with E-state index in [9.17, 15) is 9.90 Å². The predicted octanol–water partition coefficient (Wildman–Crippen LogP) is 2.10. The van der Waals surface area contributed by atoms with Crippen molar-refractivity contribution in [3.8, 4) is 11.4 Å². The molecule has 0 bridgehead atoms. The number of amides is 1. The Balaban J connectivity index is 1.30. The van der Waals surface area contributed by atoms with Gasteiger partial charge in [-0.25, -0.2) is 19.6 Å². The van der Waals surface area contributed by atoms with Gasteiger partial charge in [-0.1, -0.05) is 31.2 Å². The van der Waals surface area contributed by atoms with Crippen molar-refractivity contribution < 1.29 is 9.90 Å². The van der Waals surface area contributed by atoms with E-state index < -0.39 is 0 Å². The van der Waals surface area contributed by atoms with Gasteiger partial charge in [0.15, 0.2) is 5.82 Å². The fourth-order valence-corrected chi connectivity index (χ4v) is 4.01. The zero-order chi connectivity index (χ0) is 22.2. The molecule has 2 N–H and O–H groups in total. The zero-order valence-corrected chi connectivity index (χ0v) is 18.1. The fourth-order valence-electron chi connectivity index (χ4n) is 4.01. The van der Waals surface area contributed by atoms with Crippen molar-refractivity contribution in [3.63, 3.8) is 0 Å². The van der Waals surface area contributed by atoms with Gasteiger partial charge >= 0.3 is 0 Å². The molecule has 0 saturated carbocycles. The number of rotatable bonds is 5. The Bertz CT molecular complexity index is 1290. The van der Waals surface area contributed by atoms with Crippen molar-refractivity contribution in [1.29, 1.82) is 0 Å². The van der Waals surface area contributed by atoms with Gasteiger partial charge in [0.2, 0.25) is 5.78 Å². The molecule has 1 unspecified atom stereocenters. The largest absolute Gasteiger partial charge is 0.393 e. The van der Waals surface area contributed by atoms with Crippen LogP contribution in [0.5, 0.6) is 0 Å². The fraction of sp³-hybridized carbons (Fsp3) is 0.348. The van der Waals surface area contributed by atoms with Gasteiger partial charge in [-0.15, -0.1) is 0 Å². The smallest absolute Gasteiger partial charge is 0.270 e. The number of fused-ring (bicyclic) bond motifs is 2. The Morgan fingerprint density at radius 3 is 2.84 bits per heavy atom. The lowest BCUT2D eigenvalue weighted by Crippen LogP contribution is -2.25. The highest BCUT2D eigenvalue weighted by molar-refractivity contribution is 5.94. The molecule has 0 saturated heterocycles. The monoisotopic (exact) mass is 431 g/mol. The maximum absolute atomic E-state index is 13.0. The molecule has 0 radical (unpaired) electrons. The van der Waals surface area contributed by atoms with Crippen LogP contribution in [0.1, 0.15) is 46.5 Å². The second-order valence-electron chi connectivity index (χ2n) is 8.16. The number of aliphatic hydroxyl groups excluding tert-OH is 1. The zero-order valence-electron chi connectivity index (χ0n) is 18.1. The number of imidazole rings is 1. The average molecular weight is 432 g/mol. The maximum atomic E-state index is 13.0. The highest BCUT2D eigenvalue weighted by Gasteiger charge is 2.21. The molecule has 1 amide bonds. The van der Waals surface area contributed by atoms with Crippen LogP contribution < -0.4 is 5.32 Å². The molecule has 4 heterocycles. The number of benzene rings is 1. The van der Waals surface area contributed by atoms with Crippen LogP contribution in [0.4, 0.5) is 0 Å². The normalized spacial score (nSPS) is 15.7. The quantitative estimate of drug-likeness (QED) is 0.501. The van der Waals surface area contributed by atoms with Gasteiger partial charge in [-0.3, -0.25) is 9.20 Å². The first-order valence-electron chi connectivity index (χ1n) is 10.8. The molecule has 164 valence electrons. The third-order valence-electron chi connectivity index (χ3n) is 5.74. The van der Waals surface area contributed by atoms with E-state index in [4.69, 9.17) is 0 Å². The third kappa shape index (κ3) is 3.75. The molecular formula is C23H25N7O2. The summed E-state index contributed by atoms with van der Waals surface area (Å²) in [6.45, 7) is 5.00. The molecule has 0 spiro atoms. The Morgan fingerprint density at radius 1 is 1.25 bits per heavy atom. The molecule has 1 aromatic carbocycles. The number of aromatic nitrogens is 6. The summed E-state index contributed by atoms with van der Waals surface area (Å²) in [7, 11) is 0. The predicted molar refractivity (Wildman–Crippen MR) is 118 cm³/mol. The molecule has 0 aliphatic carbocycles. The summed E-state index contributed by atoms with van der Waals surface area (Å²) in [5, 5.41) is 17.4. The van der Waals surface area contributed by atoms with Crippen molar-refractivity contribution in [1.82, 2.24) is 34.4 Å². The van der Waals surface area contributed by atoms with Crippen LogP contribution in [-0.4, -0.2) is 46.3 Å². The number of nitrogens with one attached hydrogen (secondary N) is 1. The summed E-state index contributed by atoms with van der Waals surface area (Å²) < 4.78 is 3.63. The number of carbonyl (C=O) groups excluding carboxylic acids is 1. The minimum atomic E-state index is -0.341. The molecule has 9 nitrogen and oxygen atoms in total. The summed E-state index contributed by atoms with van der Waals surface area (Å²) in [4.78, 5) is 26.3. The maximum Gasteiger partial charge on any atom is 0.270 e. The average Bonchev–Trinajstić information content (AvgIpc) is 3.38. The minimum absolute atomic E-state index is 0.173. The van der Waals surface area contributed by atoms with E-state index >= 15 is 0 Å². The Morgan fingerprint density at radius 2 is 2.06 bits per heavy atom. The molecule has 0 fully saturated rings. The first kappa shape index (κ1) is 20.3. The number of hydrogen-bond acceptors (Lipinski definition) is 6. The molecule has 4 aromatic rings. The van der Waals surface area contributed by atoms with E-state index in [2.05, 4.69) is 25.4 Å². The number of nitrogens with zero attached hydrogens (tertiary/aromatic N) is 6. The van der Waals surface area contributed by atoms with Crippen molar-refractivity contribution in [3.05, 3.63) is 65.0 Å². The number of aryl methyl sites for hydroxylation is 3. The number of hydrogen-bond donors (Lipinski definition) is 2. The Labute approximate surface area is 185 Å². The molecule has 3 aromatic heterocycles. The molecule has 5 rings (SSSR count). The van der Waals surface area contributed by atoms with E-state index in [1.165, 1.54) is 0 Å². The van der Waals surface area contributed by atoms with Crippen LogP contribution in [-0.2, 0) is 25.9 Å². The summed E-state index contributed by atoms with van der Waals surface area (Å²) in [5.41, 5.74) is 4.11. The highest BCUT2D eigenvalue weighted by atomic mass is 16.3. The third-order valence-corrected chi connectivity index (χ3v) is 5.74. The lowest BCUT2D eigenvalue weighted by Gasteiger charge is -2.16. The molecule has 1 atom stereocenters. The summed E-state index contributed by atoms with van der Waals surface area (Å²) >= 11 is 0. The van der Waals surface area contributed by atoms with E-state index in [0.29, 0.717) is 49.6 Å². The second kappa shape index (κ2) is 8.16. The van der Waals surface area contributed by atoms with Gasteiger partial charge in [0.05, 0.1) is 11.8 Å². The van der Waals surface area contributed by atoms with Crippen LogP contribution in [0.2, 0.25) is 0 Å². The number of carbonyl (C=O) groups is 1. The summed E-state index contributed by atoms with van der Waals surface area (Å²) in [6, 6.07) is 7.84. The van der Waals surface area contributed by atoms with Crippen molar-refractivity contribution in [2.45, 2.75) is 52.3 Å². The molecule has 1 aliphatic heterocycles. The first-order chi connectivity index (χ1) is 15.5. The van der Waals surface area contributed by atoms with Gasteiger partial charge < -0.3 is 10.4 Å². The lowest BCUT2D eigenvalue weighted by molar-refractivity contribution is 0.0944. The van der Waals surface area contributed by atoms with Crippen molar-refractivity contribution in [2.24, 2.45) is 0 Å². The molecular weight excluding hydrogens is 406 g/mol. The Hall–Kier alpha value is -3.59. The van der Waals surface area contributed by atoms with E-state index in [0.717, 1.165) is 28.2 Å². The summed E-state index contributed by atoms with van der Waals surface area (Å²) in [5.74, 6) is 1.84. The van der Waals surface area contributed by atoms with E-state index in [1.807, 2.05) is 49.0 Å². The van der Waals surface area contributed by atoms with Gasteiger partial charge in [-0.05, 0) is 30.9 Å². The second-order valence-corrected chi connectivity index (χ2v) is 8.16. The van der Waals surface area contributed by atoms with E-state index in [1.54, 1.807) is 10.6 Å². The summed E-state index contributed by atoms with van der Waals surface area (Å²) in [6.07, 6.45) is 5.18. The van der Waals surface area contributed by atoms with Gasteiger partial charge in [-0.2, -0.15) is 5.10 Å². The highest BCUT2D eigenvalue weighted by Crippen LogP contribution is 2.20. The molecule has 1 aliphatic rings. The van der Waals surface area contributed by atoms with Crippen molar-refractivity contribution in [2.75, 3.05) is 0 Å². The van der Waals surface area contributed by atoms with E-state index in [-0.39, 0.29) is 12.0 Å². The number of aliphatic hydroxyl groups is 1. The first-order valence-corrected chi connectivity index (χ1v) is 10.8. The standard InChI is InChI=1S/C23H25N7O2/c1-3-18-20(29-13-14(2)11-25-23(29)26-18)22(32)24-12-15-4-6-16(7-5-15)21-27-19-10-17(31)8-9-30(19)28-21/h4-7,11,13,17,31H,3,8-10,12H2,1-2H3,(H,24,32). The van der Waals surface area contributed by atoms with Crippen LogP contribution >= 0.6 is 0 Å². The SMILES string of the molecule is CCc1nc2ncc(C)cn2c1C(=O)NCc1ccc(-c2nc3n(n2)CCC(O)C3)cc1. The Kier molecular flexibility index (Phi) is 5.18. The lowest BCUT2D eigenvalue weighted by atomic mass is 10.1. The topological polar surface area (TPSA) is 110 Å². The molecule has 9 heteroatoms. The molecule has 32 heavy (non-hydrogen) atoms. The van der Waals surface area contributed by atoms with Gasteiger partial charge in [0, 0.05) is 37.5 Å². The van der Waals surface area contributed by atoms with Crippen LogP contribution in [0.25, 0.3) is 17.2 Å². The van der Waals surface area contributed by atoms with Gasteiger partial charge in [0.1, 0.15) is 11.5 Å².